The summed E-state index contributed by atoms with van der Waals surface area (Å²) in [6, 6.07) is 0.161. The van der Waals surface area contributed by atoms with Gasteiger partial charge in [0.25, 0.3) is 0 Å². The molecular formula is C16H30N2O3. The van der Waals surface area contributed by atoms with Crippen LogP contribution in [0.4, 0.5) is 0 Å². The Balaban J connectivity index is 2.29. The summed E-state index contributed by atoms with van der Waals surface area (Å²) in [6.45, 7) is 4.84. The van der Waals surface area contributed by atoms with E-state index in [4.69, 9.17) is 10.8 Å². The molecule has 21 heavy (non-hydrogen) atoms. The summed E-state index contributed by atoms with van der Waals surface area (Å²) in [4.78, 5) is 22.8. The van der Waals surface area contributed by atoms with Gasteiger partial charge in [0.2, 0.25) is 5.91 Å². The highest BCUT2D eigenvalue weighted by molar-refractivity contribution is 5.78. The topological polar surface area (TPSA) is 92.4 Å². The van der Waals surface area contributed by atoms with E-state index >= 15 is 0 Å². The summed E-state index contributed by atoms with van der Waals surface area (Å²) in [5.41, 5.74) is 5.91. The van der Waals surface area contributed by atoms with Gasteiger partial charge in [-0.25, -0.2) is 0 Å². The van der Waals surface area contributed by atoms with E-state index in [0.717, 1.165) is 32.1 Å². The van der Waals surface area contributed by atoms with Crippen molar-refractivity contribution in [2.24, 2.45) is 23.5 Å². The van der Waals surface area contributed by atoms with Crippen molar-refractivity contribution in [2.75, 3.05) is 6.54 Å². The molecule has 4 N–H and O–H groups in total. The maximum absolute atomic E-state index is 12.1. The Morgan fingerprint density at radius 3 is 2.57 bits per heavy atom. The first-order chi connectivity index (χ1) is 9.90. The number of rotatable bonds is 8. The van der Waals surface area contributed by atoms with Gasteiger partial charge in [-0.15, -0.1) is 0 Å². The van der Waals surface area contributed by atoms with E-state index in [1.165, 1.54) is 0 Å². The van der Waals surface area contributed by atoms with Gasteiger partial charge in [-0.1, -0.05) is 20.3 Å². The van der Waals surface area contributed by atoms with Crippen LogP contribution in [-0.4, -0.2) is 29.6 Å². The van der Waals surface area contributed by atoms with E-state index < -0.39 is 5.97 Å². The van der Waals surface area contributed by atoms with E-state index in [-0.39, 0.29) is 24.3 Å². The van der Waals surface area contributed by atoms with Crippen LogP contribution in [0.5, 0.6) is 0 Å². The molecular weight excluding hydrogens is 268 g/mol. The predicted octanol–water partition coefficient (Wildman–Crippen LogP) is 2.15. The Bertz CT molecular complexity index is 344. The van der Waals surface area contributed by atoms with Crippen molar-refractivity contribution in [1.29, 1.82) is 0 Å². The zero-order valence-corrected chi connectivity index (χ0v) is 13.3. The molecule has 0 bridgehead atoms. The molecule has 0 aromatic rings. The number of amides is 1. The molecule has 1 fully saturated rings. The number of nitrogens with one attached hydrogen (secondary N) is 1. The van der Waals surface area contributed by atoms with Gasteiger partial charge in [-0.2, -0.15) is 0 Å². The van der Waals surface area contributed by atoms with Crippen molar-refractivity contribution in [1.82, 2.24) is 5.32 Å². The van der Waals surface area contributed by atoms with Crippen LogP contribution in [0.25, 0.3) is 0 Å². The van der Waals surface area contributed by atoms with Gasteiger partial charge in [0, 0.05) is 24.9 Å². The quantitative estimate of drug-likeness (QED) is 0.640. The van der Waals surface area contributed by atoms with Gasteiger partial charge in [0.15, 0.2) is 0 Å². The predicted molar refractivity (Wildman–Crippen MR) is 82.8 cm³/mol. The molecule has 0 aliphatic heterocycles. The maximum atomic E-state index is 12.1. The lowest BCUT2D eigenvalue weighted by Crippen LogP contribution is -2.38. The molecule has 1 aliphatic rings. The highest BCUT2D eigenvalue weighted by Crippen LogP contribution is 2.24. The van der Waals surface area contributed by atoms with Gasteiger partial charge in [-0.3, -0.25) is 9.59 Å². The lowest BCUT2D eigenvalue weighted by molar-refractivity contribution is -0.137. The van der Waals surface area contributed by atoms with E-state index in [1.807, 2.05) is 0 Å². The number of nitrogens with two attached hydrogens (primary N) is 1. The summed E-state index contributed by atoms with van der Waals surface area (Å²) in [5, 5.41) is 11.8. The number of hydrogen-bond donors (Lipinski definition) is 3. The van der Waals surface area contributed by atoms with Gasteiger partial charge < -0.3 is 16.2 Å². The van der Waals surface area contributed by atoms with Crippen molar-refractivity contribution in [3.05, 3.63) is 0 Å². The second kappa shape index (κ2) is 9.03. The Hall–Kier alpha value is -1.10. The van der Waals surface area contributed by atoms with Gasteiger partial charge in [0.1, 0.15) is 0 Å². The highest BCUT2D eigenvalue weighted by atomic mass is 16.4. The van der Waals surface area contributed by atoms with Crippen LogP contribution in [0.2, 0.25) is 0 Å². The van der Waals surface area contributed by atoms with Crippen molar-refractivity contribution >= 4 is 11.9 Å². The Morgan fingerprint density at radius 1 is 1.29 bits per heavy atom. The largest absolute Gasteiger partial charge is 0.481 e. The third-order valence-corrected chi connectivity index (χ3v) is 4.57. The average molecular weight is 298 g/mol. The zero-order chi connectivity index (χ0) is 15.8. The lowest BCUT2D eigenvalue weighted by Gasteiger charge is -2.26. The molecule has 1 rings (SSSR count). The van der Waals surface area contributed by atoms with Gasteiger partial charge >= 0.3 is 5.97 Å². The molecule has 1 saturated carbocycles. The molecule has 122 valence electrons. The molecule has 1 amide bonds. The Kier molecular flexibility index (Phi) is 7.72. The smallest absolute Gasteiger partial charge is 0.303 e. The van der Waals surface area contributed by atoms with Crippen molar-refractivity contribution in [3.8, 4) is 0 Å². The van der Waals surface area contributed by atoms with Crippen LogP contribution in [-0.2, 0) is 9.59 Å². The van der Waals surface area contributed by atoms with Crippen molar-refractivity contribution in [2.45, 2.75) is 64.8 Å². The SMILES string of the molecule is CC(C)C(CCNC(=O)C1CCCC(N)C1)CCC(=O)O. The standard InChI is InChI=1S/C16H30N2O3/c1-11(2)12(6-7-15(19)20)8-9-18-16(21)13-4-3-5-14(17)10-13/h11-14H,3-10,17H2,1-2H3,(H,18,21)(H,19,20). The zero-order valence-electron chi connectivity index (χ0n) is 13.3. The second-order valence-corrected chi connectivity index (χ2v) is 6.64. The second-order valence-electron chi connectivity index (χ2n) is 6.64. The molecule has 5 heteroatoms. The molecule has 5 nitrogen and oxygen atoms in total. The molecule has 0 aromatic carbocycles. The maximum Gasteiger partial charge on any atom is 0.303 e. The number of carbonyl (C=O) groups is 2. The fourth-order valence-corrected chi connectivity index (χ4v) is 3.11. The monoisotopic (exact) mass is 298 g/mol. The van der Waals surface area contributed by atoms with Gasteiger partial charge in [-0.05, 0) is 43.9 Å². The number of hydrogen-bond acceptors (Lipinski definition) is 3. The Morgan fingerprint density at radius 2 is 2.00 bits per heavy atom. The minimum absolute atomic E-state index is 0.0604. The minimum atomic E-state index is -0.749. The first-order valence-corrected chi connectivity index (χ1v) is 8.15. The number of carboxylic acid groups (broad SMARTS) is 1. The third-order valence-electron chi connectivity index (χ3n) is 4.57. The fourth-order valence-electron chi connectivity index (χ4n) is 3.11. The van der Waals surface area contributed by atoms with Crippen LogP contribution >= 0.6 is 0 Å². The van der Waals surface area contributed by atoms with Crippen LogP contribution in [0.1, 0.15) is 58.8 Å². The minimum Gasteiger partial charge on any atom is -0.481 e. The van der Waals surface area contributed by atoms with Crippen LogP contribution < -0.4 is 11.1 Å². The molecule has 3 unspecified atom stereocenters. The molecule has 0 saturated heterocycles. The summed E-state index contributed by atoms with van der Waals surface area (Å²) in [6.07, 6.45) is 5.51. The van der Waals surface area contributed by atoms with Crippen LogP contribution in [0.15, 0.2) is 0 Å². The van der Waals surface area contributed by atoms with Crippen molar-refractivity contribution in [3.63, 3.8) is 0 Å². The Labute approximate surface area is 127 Å². The molecule has 0 heterocycles. The number of aliphatic carboxylic acids is 1. The summed E-state index contributed by atoms with van der Waals surface area (Å²) in [5.74, 6) is 0.205. The molecule has 0 aromatic heterocycles. The lowest BCUT2D eigenvalue weighted by atomic mass is 9.85. The first kappa shape index (κ1) is 18.0. The summed E-state index contributed by atoms with van der Waals surface area (Å²) < 4.78 is 0. The van der Waals surface area contributed by atoms with E-state index in [9.17, 15) is 9.59 Å². The number of carboxylic acids is 1. The molecule has 1 aliphatic carbocycles. The summed E-state index contributed by atoms with van der Waals surface area (Å²) in [7, 11) is 0. The van der Waals surface area contributed by atoms with E-state index in [2.05, 4.69) is 19.2 Å². The highest BCUT2D eigenvalue weighted by Gasteiger charge is 2.25. The van der Waals surface area contributed by atoms with Crippen LogP contribution in [0.3, 0.4) is 0 Å². The van der Waals surface area contributed by atoms with Crippen molar-refractivity contribution < 1.29 is 14.7 Å². The van der Waals surface area contributed by atoms with E-state index in [1.54, 1.807) is 0 Å². The molecule has 0 spiro atoms. The fraction of sp³-hybridized carbons (Fsp3) is 0.875. The molecule has 3 atom stereocenters. The van der Waals surface area contributed by atoms with Gasteiger partial charge in [0.05, 0.1) is 0 Å². The molecule has 0 radical (unpaired) electrons. The summed E-state index contributed by atoms with van der Waals surface area (Å²) >= 11 is 0. The third kappa shape index (κ3) is 6.93. The average Bonchev–Trinajstić information content (AvgIpc) is 2.41. The first-order valence-electron chi connectivity index (χ1n) is 8.15. The number of carbonyl (C=O) groups excluding carboxylic acids is 1. The van der Waals surface area contributed by atoms with E-state index in [0.29, 0.717) is 24.8 Å². The normalized spacial score (nSPS) is 23.8. The van der Waals surface area contributed by atoms with Crippen LogP contribution in [0, 0.1) is 17.8 Å².